The van der Waals surface area contributed by atoms with E-state index in [4.69, 9.17) is 4.74 Å². The van der Waals surface area contributed by atoms with Crippen LogP contribution in [0.3, 0.4) is 0 Å². The summed E-state index contributed by atoms with van der Waals surface area (Å²) in [6.07, 6.45) is 4.65. The van der Waals surface area contributed by atoms with Gasteiger partial charge in [0.25, 0.3) is 0 Å². The number of methoxy groups -OCH3 is 1. The van der Waals surface area contributed by atoms with Crippen molar-refractivity contribution < 1.29 is 9.84 Å². The van der Waals surface area contributed by atoms with Crippen LogP contribution in [0.15, 0.2) is 18.2 Å². The van der Waals surface area contributed by atoms with Gasteiger partial charge in [-0.2, -0.15) is 0 Å². The summed E-state index contributed by atoms with van der Waals surface area (Å²) in [4.78, 5) is 0. The summed E-state index contributed by atoms with van der Waals surface area (Å²) in [7, 11) is 1.61. The topological polar surface area (TPSA) is 41.5 Å². The van der Waals surface area contributed by atoms with Crippen LogP contribution in [0.5, 0.6) is 11.5 Å². The summed E-state index contributed by atoms with van der Waals surface area (Å²) in [6, 6.07) is 6.04. The first kappa shape index (κ1) is 11.3. The molecular formula is C13H19NO2. The minimum atomic E-state index is 0.340. The van der Waals surface area contributed by atoms with Gasteiger partial charge in [0.05, 0.1) is 7.11 Å². The molecule has 2 N–H and O–H groups in total. The van der Waals surface area contributed by atoms with E-state index in [1.54, 1.807) is 13.2 Å². The lowest BCUT2D eigenvalue weighted by Crippen LogP contribution is -2.35. The highest BCUT2D eigenvalue weighted by molar-refractivity contribution is 5.40. The number of piperidine rings is 1. The Morgan fingerprint density at radius 1 is 1.44 bits per heavy atom. The minimum Gasteiger partial charge on any atom is -0.508 e. The largest absolute Gasteiger partial charge is 0.508 e. The Kier molecular flexibility index (Phi) is 3.67. The molecule has 0 aromatic heterocycles. The van der Waals surface area contributed by atoms with Crippen LogP contribution in [0.1, 0.15) is 24.8 Å². The minimum absolute atomic E-state index is 0.340. The highest BCUT2D eigenvalue weighted by Gasteiger charge is 2.14. The summed E-state index contributed by atoms with van der Waals surface area (Å²) in [5, 5.41) is 13.3. The van der Waals surface area contributed by atoms with Crippen molar-refractivity contribution in [3.63, 3.8) is 0 Å². The fraction of sp³-hybridized carbons (Fsp3) is 0.538. The van der Waals surface area contributed by atoms with Crippen molar-refractivity contribution in [1.82, 2.24) is 5.32 Å². The lowest BCUT2D eigenvalue weighted by atomic mass is 9.97. The molecule has 0 amide bonds. The monoisotopic (exact) mass is 221 g/mol. The van der Waals surface area contributed by atoms with Crippen molar-refractivity contribution in [1.29, 1.82) is 0 Å². The van der Waals surface area contributed by atoms with Gasteiger partial charge in [-0.25, -0.2) is 0 Å². The van der Waals surface area contributed by atoms with Crippen LogP contribution in [0.25, 0.3) is 0 Å². The van der Waals surface area contributed by atoms with E-state index in [0.717, 1.165) is 18.5 Å². The Morgan fingerprint density at radius 3 is 2.94 bits per heavy atom. The number of ether oxygens (including phenoxy) is 1. The highest BCUT2D eigenvalue weighted by atomic mass is 16.5. The first-order chi connectivity index (χ1) is 7.79. The second-order valence-corrected chi connectivity index (χ2v) is 4.35. The Morgan fingerprint density at radius 2 is 2.31 bits per heavy atom. The number of phenols is 1. The van der Waals surface area contributed by atoms with Crippen LogP contribution in [0, 0.1) is 0 Å². The maximum atomic E-state index is 9.85. The van der Waals surface area contributed by atoms with Gasteiger partial charge in [-0.3, -0.25) is 0 Å². The predicted molar refractivity (Wildman–Crippen MR) is 64.0 cm³/mol. The van der Waals surface area contributed by atoms with Crippen LogP contribution in [-0.2, 0) is 6.42 Å². The first-order valence-electron chi connectivity index (χ1n) is 5.89. The lowest BCUT2D eigenvalue weighted by molar-refractivity contribution is 0.387. The summed E-state index contributed by atoms with van der Waals surface area (Å²) in [6.45, 7) is 1.10. The van der Waals surface area contributed by atoms with Gasteiger partial charge in [-0.1, -0.05) is 12.5 Å². The SMILES string of the molecule is COc1ccc(CC2CCCCN2)c(O)c1. The van der Waals surface area contributed by atoms with Crippen LogP contribution >= 0.6 is 0 Å². The summed E-state index contributed by atoms with van der Waals surface area (Å²) >= 11 is 0. The Hall–Kier alpha value is -1.22. The smallest absolute Gasteiger partial charge is 0.122 e. The fourth-order valence-corrected chi connectivity index (χ4v) is 2.21. The van der Waals surface area contributed by atoms with Gasteiger partial charge in [-0.05, 0) is 37.4 Å². The molecule has 1 aliphatic heterocycles. The first-order valence-corrected chi connectivity index (χ1v) is 5.89. The summed E-state index contributed by atoms with van der Waals surface area (Å²) < 4.78 is 5.06. The zero-order chi connectivity index (χ0) is 11.4. The van der Waals surface area contributed by atoms with Crippen LogP contribution in [-0.4, -0.2) is 24.8 Å². The lowest BCUT2D eigenvalue weighted by Gasteiger charge is -2.23. The van der Waals surface area contributed by atoms with Crippen LogP contribution in [0.2, 0.25) is 0 Å². The average molecular weight is 221 g/mol. The van der Waals surface area contributed by atoms with Crippen molar-refractivity contribution in [3.05, 3.63) is 23.8 Å². The maximum Gasteiger partial charge on any atom is 0.122 e. The molecule has 1 unspecified atom stereocenters. The van der Waals surface area contributed by atoms with Gasteiger partial charge >= 0.3 is 0 Å². The number of phenolic OH excluding ortho intramolecular Hbond substituents is 1. The van der Waals surface area contributed by atoms with Crippen molar-refractivity contribution in [2.45, 2.75) is 31.7 Å². The van der Waals surface area contributed by atoms with E-state index >= 15 is 0 Å². The van der Waals surface area contributed by atoms with E-state index in [2.05, 4.69) is 5.32 Å². The number of nitrogens with one attached hydrogen (secondary N) is 1. The third kappa shape index (κ3) is 2.67. The molecule has 3 heteroatoms. The predicted octanol–water partition coefficient (Wildman–Crippen LogP) is 2.09. The quantitative estimate of drug-likeness (QED) is 0.821. The molecule has 1 heterocycles. The molecule has 2 rings (SSSR count). The van der Waals surface area contributed by atoms with Gasteiger partial charge in [-0.15, -0.1) is 0 Å². The molecule has 0 radical (unpaired) electrons. The number of aromatic hydroxyl groups is 1. The van der Waals surface area contributed by atoms with Crippen molar-refractivity contribution in [2.75, 3.05) is 13.7 Å². The molecular weight excluding hydrogens is 202 g/mol. The molecule has 1 aliphatic rings. The van der Waals surface area contributed by atoms with Gasteiger partial charge in [0.2, 0.25) is 0 Å². The Bertz CT molecular complexity index is 346. The van der Waals surface area contributed by atoms with E-state index < -0.39 is 0 Å². The van der Waals surface area contributed by atoms with Crippen molar-refractivity contribution in [3.8, 4) is 11.5 Å². The van der Waals surface area contributed by atoms with E-state index in [0.29, 0.717) is 17.5 Å². The van der Waals surface area contributed by atoms with E-state index in [-0.39, 0.29) is 0 Å². The van der Waals surface area contributed by atoms with Gasteiger partial charge < -0.3 is 15.2 Å². The van der Waals surface area contributed by atoms with Crippen molar-refractivity contribution in [2.24, 2.45) is 0 Å². The standard InChI is InChI=1S/C13H19NO2/c1-16-12-6-5-10(13(15)9-12)8-11-4-2-3-7-14-11/h5-6,9,11,14-15H,2-4,7-8H2,1H3. The van der Waals surface area contributed by atoms with Crippen LogP contribution < -0.4 is 10.1 Å². The van der Waals surface area contributed by atoms with E-state index in [9.17, 15) is 5.11 Å². The molecule has 0 spiro atoms. The molecule has 1 saturated heterocycles. The van der Waals surface area contributed by atoms with E-state index in [1.807, 2.05) is 12.1 Å². The zero-order valence-corrected chi connectivity index (χ0v) is 9.70. The highest BCUT2D eigenvalue weighted by Crippen LogP contribution is 2.25. The fourth-order valence-electron chi connectivity index (χ4n) is 2.21. The third-order valence-electron chi connectivity index (χ3n) is 3.17. The second kappa shape index (κ2) is 5.21. The number of hydrogen-bond acceptors (Lipinski definition) is 3. The number of benzene rings is 1. The molecule has 3 nitrogen and oxygen atoms in total. The average Bonchev–Trinajstić information content (AvgIpc) is 2.33. The maximum absolute atomic E-state index is 9.85. The molecule has 0 bridgehead atoms. The molecule has 1 aromatic carbocycles. The van der Waals surface area contributed by atoms with Gasteiger partial charge in [0, 0.05) is 12.1 Å². The normalized spacial score (nSPS) is 20.7. The molecule has 16 heavy (non-hydrogen) atoms. The zero-order valence-electron chi connectivity index (χ0n) is 9.70. The number of hydrogen-bond donors (Lipinski definition) is 2. The molecule has 0 aliphatic carbocycles. The molecule has 0 saturated carbocycles. The molecule has 1 fully saturated rings. The third-order valence-corrected chi connectivity index (χ3v) is 3.17. The number of rotatable bonds is 3. The molecule has 1 aromatic rings. The van der Waals surface area contributed by atoms with Crippen molar-refractivity contribution >= 4 is 0 Å². The molecule has 88 valence electrons. The Balaban J connectivity index is 2.03. The van der Waals surface area contributed by atoms with Gasteiger partial charge in [0.15, 0.2) is 0 Å². The summed E-state index contributed by atoms with van der Waals surface area (Å²) in [5.41, 5.74) is 1.00. The van der Waals surface area contributed by atoms with Gasteiger partial charge in [0.1, 0.15) is 11.5 Å². The Labute approximate surface area is 96.4 Å². The van der Waals surface area contributed by atoms with E-state index in [1.165, 1.54) is 19.3 Å². The molecule has 1 atom stereocenters. The van der Waals surface area contributed by atoms with Crippen LogP contribution in [0.4, 0.5) is 0 Å². The summed E-state index contributed by atoms with van der Waals surface area (Å²) in [5.74, 6) is 1.05. The second-order valence-electron chi connectivity index (χ2n) is 4.35.